The minimum absolute atomic E-state index is 0.0865. The third kappa shape index (κ3) is 53.7. The summed E-state index contributed by atoms with van der Waals surface area (Å²) >= 11 is 0. The first kappa shape index (κ1) is 63.8. The lowest BCUT2D eigenvalue weighted by atomic mass is 10.1. The highest BCUT2D eigenvalue weighted by atomic mass is 16.6. The Morgan fingerprint density at radius 2 is 0.582 bits per heavy atom. The van der Waals surface area contributed by atoms with Crippen molar-refractivity contribution in [1.82, 2.24) is 0 Å². The van der Waals surface area contributed by atoms with E-state index >= 15 is 0 Å². The summed E-state index contributed by atoms with van der Waals surface area (Å²) < 4.78 is 16.8. The first-order valence-corrected chi connectivity index (χ1v) is 28.4. The van der Waals surface area contributed by atoms with Crippen molar-refractivity contribution in [2.24, 2.45) is 0 Å². The SMILES string of the molecule is CC/C=C\C/C=C\C/C=C\CCCCCCCC(=O)OC[C@H](COC(=O)CCCCCCC/C=C\CCCCCCCC)OC(=O)CCCCCCCCCCC/C=C\C/C=C\CCCCC. The highest BCUT2D eigenvalue weighted by Crippen LogP contribution is 2.15. The van der Waals surface area contributed by atoms with E-state index in [2.05, 4.69) is 93.7 Å². The molecular weight excluding hydrogens is 829 g/mol. The average molecular weight is 936 g/mol. The molecule has 0 spiro atoms. The largest absolute Gasteiger partial charge is 0.462 e. The standard InChI is InChI=1S/C61H106O6/c1-4-7-10-13-16-19-22-25-28-29-30-31-34-37-40-43-46-49-52-55-61(64)67-58(56-65-59(62)53-50-47-44-41-38-35-32-26-23-20-17-14-11-8-5-2)57-66-60(63)54-51-48-45-42-39-36-33-27-24-21-18-15-12-9-6-3/h8,11,16-17,19-20,25-28,32-33,58H,4-7,9-10,12-15,18,21-24,29-31,34-57H2,1-3H3/b11-8-,19-16-,20-17-,28-25-,32-26-,33-27-/t58-/m1/s1. The van der Waals surface area contributed by atoms with Crippen LogP contribution in [0.15, 0.2) is 72.9 Å². The zero-order valence-electron chi connectivity index (χ0n) is 44.2. The van der Waals surface area contributed by atoms with Crippen molar-refractivity contribution in [3.8, 4) is 0 Å². The Hall–Kier alpha value is -3.15. The van der Waals surface area contributed by atoms with Crippen LogP contribution in [0.3, 0.4) is 0 Å². The molecule has 6 heteroatoms. The monoisotopic (exact) mass is 935 g/mol. The molecule has 67 heavy (non-hydrogen) atoms. The molecule has 0 aromatic carbocycles. The molecule has 0 saturated heterocycles. The minimum atomic E-state index is -0.788. The van der Waals surface area contributed by atoms with Gasteiger partial charge in [0.05, 0.1) is 0 Å². The van der Waals surface area contributed by atoms with Gasteiger partial charge in [-0.2, -0.15) is 0 Å². The summed E-state index contributed by atoms with van der Waals surface area (Å²) in [5.74, 6) is -0.909. The molecule has 0 aliphatic carbocycles. The molecule has 386 valence electrons. The van der Waals surface area contributed by atoms with E-state index in [-0.39, 0.29) is 31.1 Å². The number of hydrogen-bond acceptors (Lipinski definition) is 6. The fourth-order valence-corrected chi connectivity index (χ4v) is 7.89. The van der Waals surface area contributed by atoms with Gasteiger partial charge in [-0.05, 0) is 109 Å². The van der Waals surface area contributed by atoms with E-state index in [1.54, 1.807) is 0 Å². The number of ether oxygens (including phenoxy) is 3. The van der Waals surface area contributed by atoms with E-state index < -0.39 is 6.10 Å². The molecule has 0 saturated carbocycles. The lowest BCUT2D eigenvalue weighted by molar-refractivity contribution is -0.167. The summed E-state index contributed by atoms with van der Waals surface area (Å²) in [4.78, 5) is 38.1. The van der Waals surface area contributed by atoms with Gasteiger partial charge in [-0.15, -0.1) is 0 Å². The van der Waals surface area contributed by atoms with E-state index in [0.29, 0.717) is 19.3 Å². The van der Waals surface area contributed by atoms with Crippen LogP contribution in [0.25, 0.3) is 0 Å². The van der Waals surface area contributed by atoms with Gasteiger partial charge < -0.3 is 14.2 Å². The van der Waals surface area contributed by atoms with Crippen molar-refractivity contribution in [3.05, 3.63) is 72.9 Å². The number of carbonyl (C=O) groups excluding carboxylic acids is 3. The second-order valence-electron chi connectivity index (χ2n) is 18.8. The van der Waals surface area contributed by atoms with Crippen molar-refractivity contribution in [2.45, 2.75) is 284 Å². The van der Waals surface area contributed by atoms with Gasteiger partial charge in [0.15, 0.2) is 6.10 Å². The van der Waals surface area contributed by atoms with Gasteiger partial charge in [-0.3, -0.25) is 14.4 Å². The lowest BCUT2D eigenvalue weighted by Crippen LogP contribution is -2.30. The van der Waals surface area contributed by atoms with Crippen LogP contribution in [-0.4, -0.2) is 37.2 Å². The summed E-state index contributed by atoms with van der Waals surface area (Å²) in [5.41, 5.74) is 0. The lowest BCUT2D eigenvalue weighted by Gasteiger charge is -2.18. The molecule has 0 aliphatic rings. The first-order chi connectivity index (χ1) is 33.0. The third-order valence-electron chi connectivity index (χ3n) is 12.2. The van der Waals surface area contributed by atoms with E-state index in [1.807, 2.05) is 0 Å². The van der Waals surface area contributed by atoms with Gasteiger partial charge in [-0.25, -0.2) is 0 Å². The number of rotatable bonds is 51. The predicted molar refractivity (Wildman–Crippen MR) is 288 cm³/mol. The quantitative estimate of drug-likeness (QED) is 0.0262. The van der Waals surface area contributed by atoms with Crippen molar-refractivity contribution < 1.29 is 28.6 Å². The topological polar surface area (TPSA) is 78.9 Å². The van der Waals surface area contributed by atoms with Crippen LogP contribution in [0, 0.1) is 0 Å². The van der Waals surface area contributed by atoms with Gasteiger partial charge in [-0.1, -0.05) is 222 Å². The molecule has 0 heterocycles. The normalized spacial score (nSPS) is 12.6. The fraction of sp³-hybridized carbons (Fsp3) is 0.754. The van der Waals surface area contributed by atoms with Crippen LogP contribution in [0.1, 0.15) is 278 Å². The van der Waals surface area contributed by atoms with E-state index in [9.17, 15) is 14.4 Å². The zero-order valence-corrected chi connectivity index (χ0v) is 44.2. The van der Waals surface area contributed by atoms with Crippen LogP contribution in [0.4, 0.5) is 0 Å². The second-order valence-corrected chi connectivity index (χ2v) is 18.8. The van der Waals surface area contributed by atoms with Crippen LogP contribution in [0.2, 0.25) is 0 Å². The maximum atomic E-state index is 12.9. The number of esters is 3. The number of carbonyl (C=O) groups is 3. The summed E-state index contributed by atoms with van der Waals surface area (Å²) in [5, 5.41) is 0. The van der Waals surface area contributed by atoms with Crippen molar-refractivity contribution in [2.75, 3.05) is 13.2 Å². The zero-order chi connectivity index (χ0) is 48.6. The summed E-state index contributed by atoms with van der Waals surface area (Å²) in [7, 11) is 0. The van der Waals surface area contributed by atoms with Crippen molar-refractivity contribution in [1.29, 1.82) is 0 Å². The van der Waals surface area contributed by atoms with Gasteiger partial charge in [0.2, 0.25) is 0 Å². The number of unbranched alkanes of at least 4 members (excludes halogenated alkanes) is 28. The minimum Gasteiger partial charge on any atom is -0.462 e. The predicted octanol–water partition coefficient (Wildman–Crippen LogP) is 19.0. The Bertz CT molecular complexity index is 1260. The van der Waals surface area contributed by atoms with Gasteiger partial charge >= 0.3 is 17.9 Å². The maximum absolute atomic E-state index is 12.9. The Balaban J connectivity index is 4.41. The molecule has 6 nitrogen and oxygen atoms in total. The molecule has 0 fully saturated rings. The van der Waals surface area contributed by atoms with E-state index in [4.69, 9.17) is 14.2 Å². The van der Waals surface area contributed by atoms with Crippen LogP contribution >= 0.6 is 0 Å². The number of allylic oxidation sites excluding steroid dienone is 12. The van der Waals surface area contributed by atoms with Crippen molar-refractivity contribution >= 4 is 17.9 Å². The maximum Gasteiger partial charge on any atom is 0.306 e. The molecule has 0 aromatic rings. The Morgan fingerprint density at radius 1 is 0.313 bits per heavy atom. The van der Waals surface area contributed by atoms with Crippen LogP contribution in [-0.2, 0) is 28.6 Å². The van der Waals surface area contributed by atoms with Gasteiger partial charge in [0.25, 0.3) is 0 Å². The fourth-order valence-electron chi connectivity index (χ4n) is 7.89. The summed E-state index contributed by atoms with van der Waals surface area (Å²) in [6.45, 7) is 6.49. The third-order valence-corrected chi connectivity index (χ3v) is 12.2. The van der Waals surface area contributed by atoms with E-state index in [0.717, 1.165) is 109 Å². The van der Waals surface area contributed by atoms with Crippen LogP contribution < -0.4 is 0 Å². The van der Waals surface area contributed by atoms with E-state index in [1.165, 1.54) is 128 Å². The van der Waals surface area contributed by atoms with Crippen molar-refractivity contribution in [3.63, 3.8) is 0 Å². The molecule has 0 unspecified atom stereocenters. The van der Waals surface area contributed by atoms with Gasteiger partial charge in [0, 0.05) is 19.3 Å². The first-order valence-electron chi connectivity index (χ1n) is 28.4. The summed E-state index contributed by atoms with van der Waals surface area (Å²) in [6.07, 6.45) is 70.3. The molecule has 0 aliphatic heterocycles. The number of hydrogen-bond donors (Lipinski definition) is 0. The molecule has 0 amide bonds. The molecule has 0 radical (unpaired) electrons. The average Bonchev–Trinajstić information content (AvgIpc) is 3.33. The second kappa shape index (κ2) is 55.4. The molecular formula is C61H106O6. The molecule has 0 aromatic heterocycles. The smallest absolute Gasteiger partial charge is 0.306 e. The Labute approximate surface area is 414 Å². The highest BCUT2D eigenvalue weighted by molar-refractivity contribution is 5.71. The molecule has 0 N–H and O–H groups in total. The van der Waals surface area contributed by atoms with Gasteiger partial charge in [0.1, 0.15) is 13.2 Å². The summed E-state index contributed by atoms with van der Waals surface area (Å²) in [6, 6.07) is 0. The van der Waals surface area contributed by atoms with Crippen LogP contribution in [0.5, 0.6) is 0 Å². The highest BCUT2D eigenvalue weighted by Gasteiger charge is 2.19. The molecule has 1 atom stereocenters. The molecule has 0 rings (SSSR count). The molecule has 0 bridgehead atoms. The Kier molecular flexibility index (Phi) is 52.8. The Morgan fingerprint density at radius 3 is 0.955 bits per heavy atom.